The fourth-order valence-corrected chi connectivity index (χ4v) is 6.91. The van der Waals surface area contributed by atoms with E-state index in [0.717, 1.165) is 16.7 Å². The van der Waals surface area contributed by atoms with Gasteiger partial charge in [-0.15, -0.1) is 0 Å². The number of hydrogen-bond donors (Lipinski definition) is 1. The van der Waals surface area contributed by atoms with Crippen LogP contribution in [0.1, 0.15) is 16.7 Å². The third-order valence-corrected chi connectivity index (χ3v) is 10.3. The molecule has 0 spiro atoms. The molecule has 0 radical (unpaired) electrons. The predicted molar refractivity (Wildman–Crippen MR) is 182 cm³/mol. The number of carbonyl (C=O) groups excluding carboxylic acids is 2. The van der Waals surface area contributed by atoms with Crippen LogP contribution in [0.25, 0.3) is 0 Å². The van der Waals surface area contributed by atoms with E-state index in [1.165, 1.54) is 33.5 Å². The van der Waals surface area contributed by atoms with E-state index in [1.54, 1.807) is 25.3 Å². The molecule has 1 N–H and O–H groups in total. The summed E-state index contributed by atoms with van der Waals surface area (Å²) in [6, 6.07) is 29.1. The summed E-state index contributed by atoms with van der Waals surface area (Å²) in [5, 5.41) is 3.50. The molecule has 48 heavy (non-hydrogen) atoms. The van der Waals surface area contributed by atoms with Crippen LogP contribution < -0.4 is 14.8 Å². The molecule has 0 unspecified atom stereocenters. The number of morpholine rings is 1. The Morgan fingerprint density at radius 3 is 2.19 bits per heavy atom. The van der Waals surface area contributed by atoms with Gasteiger partial charge in [0.2, 0.25) is 15.9 Å². The summed E-state index contributed by atoms with van der Waals surface area (Å²) in [4.78, 5) is 29.6. The Morgan fingerprint density at radius 1 is 0.875 bits per heavy atom. The van der Waals surface area contributed by atoms with Crippen molar-refractivity contribution in [3.05, 3.63) is 125 Å². The molecule has 5 rings (SSSR count). The molecule has 0 saturated carbocycles. The van der Waals surface area contributed by atoms with Crippen molar-refractivity contribution in [2.24, 2.45) is 0 Å². The van der Waals surface area contributed by atoms with Crippen LogP contribution in [0.2, 0.25) is 5.02 Å². The zero-order valence-electron chi connectivity index (χ0n) is 26.6. The van der Waals surface area contributed by atoms with E-state index in [1.807, 2.05) is 60.7 Å². The molecule has 1 aliphatic rings. The van der Waals surface area contributed by atoms with Crippen LogP contribution in [-0.4, -0.2) is 75.5 Å². The van der Waals surface area contributed by atoms with E-state index in [2.05, 4.69) is 5.32 Å². The standard InChI is InChI=1S/C36H38ClN3O7S/c1-45-30-13-11-28(12-14-30)25-40(34(23-27-7-3-2-4-8-27)36(42)38-24-29-9-5-6-10-33(29)37)35(41)26-47-31-15-17-32(18-16-31)48(43,44)39-19-21-46-22-20-39/h2-18,34H,19-26H2,1H3,(H,38,42)/t34-/m1/s1. The number of ether oxygens (including phenoxy) is 3. The summed E-state index contributed by atoms with van der Waals surface area (Å²) < 4.78 is 43.9. The molecule has 1 aliphatic heterocycles. The second kappa shape index (κ2) is 16.6. The first kappa shape index (κ1) is 34.9. The second-order valence-electron chi connectivity index (χ2n) is 11.2. The lowest BCUT2D eigenvalue weighted by Crippen LogP contribution is -2.51. The summed E-state index contributed by atoms with van der Waals surface area (Å²) >= 11 is 6.35. The van der Waals surface area contributed by atoms with Crippen molar-refractivity contribution in [1.82, 2.24) is 14.5 Å². The lowest BCUT2D eigenvalue weighted by molar-refractivity contribution is -0.142. The minimum Gasteiger partial charge on any atom is -0.497 e. The van der Waals surface area contributed by atoms with Crippen LogP contribution in [-0.2, 0) is 43.9 Å². The minimum absolute atomic E-state index is 0.125. The van der Waals surface area contributed by atoms with Crippen molar-refractivity contribution >= 4 is 33.4 Å². The predicted octanol–water partition coefficient (Wildman–Crippen LogP) is 4.70. The number of rotatable bonds is 14. The molecule has 0 bridgehead atoms. The number of methoxy groups -OCH3 is 1. The van der Waals surface area contributed by atoms with E-state index in [9.17, 15) is 18.0 Å². The second-order valence-corrected chi connectivity index (χ2v) is 13.5. The molecule has 0 aliphatic carbocycles. The number of benzene rings is 4. The minimum atomic E-state index is -3.68. The Morgan fingerprint density at radius 2 is 1.52 bits per heavy atom. The van der Waals surface area contributed by atoms with Gasteiger partial charge in [-0.25, -0.2) is 8.42 Å². The summed E-state index contributed by atoms with van der Waals surface area (Å²) in [5.74, 6) is 0.205. The lowest BCUT2D eigenvalue weighted by atomic mass is 10.0. The largest absolute Gasteiger partial charge is 0.497 e. The molecule has 12 heteroatoms. The van der Waals surface area contributed by atoms with Gasteiger partial charge in [0.15, 0.2) is 6.61 Å². The molecule has 4 aromatic carbocycles. The first-order chi connectivity index (χ1) is 23.2. The number of sulfonamides is 1. The maximum absolute atomic E-state index is 14.0. The lowest BCUT2D eigenvalue weighted by Gasteiger charge is -2.31. The van der Waals surface area contributed by atoms with E-state index in [4.69, 9.17) is 25.8 Å². The average molecular weight is 692 g/mol. The fraction of sp³-hybridized carbons (Fsp3) is 0.278. The van der Waals surface area contributed by atoms with Gasteiger partial charge in [0.05, 0.1) is 25.2 Å². The van der Waals surface area contributed by atoms with Gasteiger partial charge in [0.25, 0.3) is 5.91 Å². The van der Waals surface area contributed by atoms with Crippen molar-refractivity contribution in [3.63, 3.8) is 0 Å². The topological polar surface area (TPSA) is 114 Å². The van der Waals surface area contributed by atoms with Crippen LogP contribution in [0.15, 0.2) is 108 Å². The Kier molecular flexibility index (Phi) is 12.1. The van der Waals surface area contributed by atoms with Crippen molar-refractivity contribution in [2.45, 2.75) is 30.4 Å². The summed E-state index contributed by atoms with van der Waals surface area (Å²) in [5.41, 5.74) is 2.42. The van der Waals surface area contributed by atoms with Gasteiger partial charge in [-0.2, -0.15) is 4.31 Å². The molecule has 10 nitrogen and oxygen atoms in total. The highest BCUT2D eigenvalue weighted by molar-refractivity contribution is 7.89. The fourth-order valence-electron chi connectivity index (χ4n) is 5.30. The van der Waals surface area contributed by atoms with Gasteiger partial charge in [-0.05, 0) is 59.2 Å². The Balaban J connectivity index is 1.37. The molecule has 1 saturated heterocycles. The molecule has 252 valence electrons. The Hall–Kier alpha value is -4.42. The molecule has 0 aromatic heterocycles. The zero-order chi connectivity index (χ0) is 33.9. The van der Waals surface area contributed by atoms with Crippen LogP contribution in [0.3, 0.4) is 0 Å². The van der Waals surface area contributed by atoms with E-state index in [-0.39, 0.29) is 50.0 Å². The Labute approximate surface area is 286 Å². The maximum atomic E-state index is 14.0. The number of nitrogens with zero attached hydrogens (tertiary/aromatic N) is 2. The van der Waals surface area contributed by atoms with Gasteiger partial charge in [-0.3, -0.25) is 9.59 Å². The van der Waals surface area contributed by atoms with Gasteiger partial charge < -0.3 is 24.4 Å². The van der Waals surface area contributed by atoms with E-state index in [0.29, 0.717) is 29.7 Å². The molecular formula is C36H38ClN3O7S. The molecule has 4 aromatic rings. The van der Waals surface area contributed by atoms with Crippen LogP contribution in [0.5, 0.6) is 11.5 Å². The molecule has 1 atom stereocenters. The quantitative estimate of drug-likeness (QED) is 0.204. The van der Waals surface area contributed by atoms with Crippen molar-refractivity contribution in [2.75, 3.05) is 40.0 Å². The Bertz CT molecular complexity index is 1770. The smallest absolute Gasteiger partial charge is 0.261 e. The highest BCUT2D eigenvalue weighted by Gasteiger charge is 2.31. The molecule has 1 fully saturated rings. The van der Waals surface area contributed by atoms with Gasteiger partial charge >= 0.3 is 0 Å². The van der Waals surface area contributed by atoms with Crippen LogP contribution >= 0.6 is 11.6 Å². The average Bonchev–Trinajstić information content (AvgIpc) is 3.12. The van der Waals surface area contributed by atoms with E-state index < -0.39 is 22.0 Å². The number of halogens is 1. The van der Waals surface area contributed by atoms with Crippen molar-refractivity contribution in [3.8, 4) is 11.5 Å². The van der Waals surface area contributed by atoms with Crippen LogP contribution in [0.4, 0.5) is 0 Å². The first-order valence-electron chi connectivity index (χ1n) is 15.5. The number of amides is 2. The number of nitrogens with one attached hydrogen (secondary N) is 1. The third-order valence-electron chi connectivity index (χ3n) is 7.99. The monoisotopic (exact) mass is 691 g/mol. The third kappa shape index (κ3) is 9.13. The van der Waals surface area contributed by atoms with Crippen LogP contribution in [0, 0.1) is 0 Å². The highest BCUT2D eigenvalue weighted by atomic mass is 35.5. The molecule has 2 amide bonds. The number of hydrogen-bond acceptors (Lipinski definition) is 7. The molecule has 1 heterocycles. The van der Waals surface area contributed by atoms with Crippen molar-refractivity contribution < 1.29 is 32.2 Å². The maximum Gasteiger partial charge on any atom is 0.261 e. The van der Waals surface area contributed by atoms with Gasteiger partial charge in [-0.1, -0.05) is 72.3 Å². The SMILES string of the molecule is COc1ccc(CN(C(=O)COc2ccc(S(=O)(=O)N3CCOCC3)cc2)[C@H](Cc2ccccc2)C(=O)NCc2ccccc2Cl)cc1. The summed E-state index contributed by atoms with van der Waals surface area (Å²) in [6.45, 7) is 1.20. The van der Waals surface area contributed by atoms with Gasteiger partial charge in [0.1, 0.15) is 17.5 Å². The summed E-state index contributed by atoms with van der Waals surface area (Å²) in [7, 11) is -2.11. The normalized spacial score (nSPS) is 14.1. The number of carbonyl (C=O) groups is 2. The summed E-state index contributed by atoms with van der Waals surface area (Å²) in [6.07, 6.45) is 0.255. The first-order valence-corrected chi connectivity index (χ1v) is 17.3. The van der Waals surface area contributed by atoms with Gasteiger partial charge in [0, 0.05) is 37.6 Å². The molecular weight excluding hydrogens is 654 g/mol. The van der Waals surface area contributed by atoms with Crippen molar-refractivity contribution in [1.29, 1.82) is 0 Å². The zero-order valence-corrected chi connectivity index (χ0v) is 28.2. The highest BCUT2D eigenvalue weighted by Crippen LogP contribution is 2.22. The van der Waals surface area contributed by atoms with E-state index >= 15 is 0 Å².